The number of anilines is 1. The van der Waals surface area contributed by atoms with E-state index in [1.807, 2.05) is 4.90 Å². The number of aryl methyl sites for hydroxylation is 1. The van der Waals surface area contributed by atoms with E-state index in [2.05, 4.69) is 0 Å². The summed E-state index contributed by atoms with van der Waals surface area (Å²) in [5, 5.41) is 9.40. The topological polar surface area (TPSA) is 57.6 Å². The van der Waals surface area contributed by atoms with Gasteiger partial charge in [-0.15, -0.1) is 0 Å². The Morgan fingerprint density at radius 2 is 1.75 bits per heavy atom. The van der Waals surface area contributed by atoms with Crippen molar-refractivity contribution in [1.29, 1.82) is 0 Å². The molecule has 2 aliphatic rings. The second kappa shape index (κ2) is 7.38. The summed E-state index contributed by atoms with van der Waals surface area (Å²) >= 11 is 0. The Morgan fingerprint density at radius 1 is 1.04 bits per heavy atom. The van der Waals surface area contributed by atoms with E-state index in [1.165, 1.54) is 18.6 Å². The van der Waals surface area contributed by atoms with Gasteiger partial charge in [-0.2, -0.15) is 0 Å². The molecule has 146 valence electrons. The molecule has 0 bridgehead atoms. The summed E-state index contributed by atoms with van der Waals surface area (Å²) in [6.45, 7) is 0.633. The average molecular weight is 381 g/mol. The van der Waals surface area contributed by atoms with Crippen LogP contribution < -0.4 is 4.90 Å². The van der Waals surface area contributed by atoms with Gasteiger partial charge in [0.25, 0.3) is 0 Å². The Bertz CT molecular complexity index is 901. The standard InChI is InChI=1S/C23H24FNO3/c24-18-8-4-16(5-9-18)6-11-21(26)25-15-23(12-2-1-3-13-23)19-14-17(22(27)28)7-10-20(19)25/h4-5,7-10,14H,1-3,6,11-13,15H2,(H,27,28). The smallest absolute Gasteiger partial charge is 0.335 e. The van der Waals surface area contributed by atoms with Gasteiger partial charge < -0.3 is 10.0 Å². The summed E-state index contributed by atoms with van der Waals surface area (Å²) in [7, 11) is 0. The van der Waals surface area contributed by atoms with Crippen LogP contribution in [-0.4, -0.2) is 23.5 Å². The number of carbonyl (C=O) groups excluding carboxylic acids is 1. The van der Waals surface area contributed by atoms with Crippen molar-refractivity contribution in [2.45, 2.75) is 50.4 Å². The maximum absolute atomic E-state index is 13.1. The van der Waals surface area contributed by atoms with Crippen molar-refractivity contribution < 1.29 is 19.1 Å². The van der Waals surface area contributed by atoms with Crippen LogP contribution in [0.4, 0.5) is 10.1 Å². The van der Waals surface area contributed by atoms with Gasteiger partial charge in [0.2, 0.25) is 5.91 Å². The molecular formula is C23H24FNO3. The molecule has 1 saturated carbocycles. The van der Waals surface area contributed by atoms with Crippen LogP contribution in [0, 0.1) is 5.82 Å². The fourth-order valence-corrected chi connectivity index (χ4v) is 4.72. The van der Waals surface area contributed by atoms with Crippen LogP contribution in [0.3, 0.4) is 0 Å². The van der Waals surface area contributed by atoms with E-state index in [0.29, 0.717) is 19.4 Å². The molecule has 0 unspecified atom stereocenters. The van der Waals surface area contributed by atoms with Gasteiger partial charge in [-0.3, -0.25) is 4.79 Å². The van der Waals surface area contributed by atoms with Gasteiger partial charge in [0.1, 0.15) is 5.82 Å². The minimum atomic E-state index is -0.935. The minimum Gasteiger partial charge on any atom is -0.478 e. The molecule has 0 saturated heterocycles. The van der Waals surface area contributed by atoms with E-state index in [-0.39, 0.29) is 22.7 Å². The van der Waals surface area contributed by atoms with Gasteiger partial charge in [0.15, 0.2) is 0 Å². The average Bonchev–Trinajstić information content (AvgIpc) is 3.01. The molecule has 4 rings (SSSR count). The molecule has 1 heterocycles. The second-order valence-corrected chi connectivity index (χ2v) is 7.98. The van der Waals surface area contributed by atoms with Crippen molar-refractivity contribution in [3.8, 4) is 0 Å². The predicted molar refractivity (Wildman–Crippen MR) is 105 cm³/mol. The maximum Gasteiger partial charge on any atom is 0.335 e. The highest BCUT2D eigenvalue weighted by Crippen LogP contribution is 2.49. The largest absolute Gasteiger partial charge is 0.478 e. The Kier molecular flexibility index (Phi) is 4.92. The lowest BCUT2D eigenvalue weighted by Gasteiger charge is -2.34. The molecule has 28 heavy (non-hydrogen) atoms. The van der Waals surface area contributed by atoms with Crippen molar-refractivity contribution in [3.63, 3.8) is 0 Å². The number of carboxylic acid groups (broad SMARTS) is 1. The Balaban J connectivity index is 1.59. The first-order valence-corrected chi connectivity index (χ1v) is 9.91. The molecule has 1 aliphatic carbocycles. The third-order valence-corrected chi connectivity index (χ3v) is 6.22. The van der Waals surface area contributed by atoms with Crippen molar-refractivity contribution in [2.24, 2.45) is 0 Å². The molecule has 1 aliphatic heterocycles. The van der Waals surface area contributed by atoms with Crippen LogP contribution in [0.15, 0.2) is 42.5 Å². The summed E-state index contributed by atoms with van der Waals surface area (Å²) in [5.41, 5.74) is 2.97. The number of carbonyl (C=O) groups is 2. The molecule has 5 heteroatoms. The molecular weight excluding hydrogens is 357 g/mol. The minimum absolute atomic E-state index is 0.0381. The first-order valence-electron chi connectivity index (χ1n) is 9.91. The van der Waals surface area contributed by atoms with Crippen LogP contribution in [0.25, 0.3) is 0 Å². The fourth-order valence-electron chi connectivity index (χ4n) is 4.72. The van der Waals surface area contributed by atoms with Gasteiger partial charge in [-0.25, -0.2) is 9.18 Å². The van der Waals surface area contributed by atoms with Gasteiger partial charge in [0.05, 0.1) is 5.56 Å². The highest BCUT2D eigenvalue weighted by molar-refractivity contribution is 5.98. The molecule has 1 N–H and O–H groups in total. The van der Waals surface area contributed by atoms with Crippen LogP contribution in [0.1, 0.15) is 60.0 Å². The predicted octanol–water partition coefficient (Wildman–Crippen LogP) is 4.71. The van der Waals surface area contributed by atoms with Crippen molar-refractivity contribution in [2.75, 3.05) is 11.4 Å². The van der Waals surface area contributed by atoms with Gasteiger partial charge in [0, 0.05) is 24.1 Å². The quantitative estimate of drug-likeness (QED) is 0.835. The van der Waals surface area contributed by atoms with Gasteiger partial charge in [-0.05, 0) is 60.7 Å². The molecule has 1 spiro atoms. The Labute approximate surface area is 164 Å². The summed E-state index contributed by atoms with van der Waals surface area (Å²) in [6, 6.07) is 11.4. The fraction of sp³-hybridized carbons (Fsp3) is 0.391. The monoisotopic (exact) mass is 381 g/mol. The molecule has 4 nitrogen and oxygen atoms in total. The Morgan fingerprint density at radius 3 is 2.43 bits per heavy atom. The number of hydrogen-bond donors (Lipinski definition) is 1. The van der Waals surface area contributed by atoms with Crippen molar-refractivity contribution in [3.05, 3.63) is 65.0 Å². The summed E-state index contributed by atoms with van der Waals surface area (Å²) in [5.74, 6) is -1.18. The third kappa shape index (κ3) is 3.41. The molecule has 1 amide bonds. The van der Waals surface area contributed by atoms with Crippen LogP contribution in [0.5, 0.6) is 0 Å². The number of halogens is 1. The number of aromatic carboxylic acids is 1. The number of rotatable bonds is 4. The molecule has 2 aromatic carbocycles. The molecule has 2 aromatic rings. The lowest BCUT2D eigenvalue weighted by atomic mass is 9.70. The SMILES string of the molecule is O=C(O)c1ccc2c(c1)C1(CCCCC1)CN2C(=O)CCc1ccc(F)cc1. The number of fused-ring (bicyclic) bond motifs is 2. The molecule has 0 radical (unpaired) electrons. The normalized spacial score (nSPS) is 17.5. The number of amides is 1. The van der Waals surface area contributed by atoms with Crippen LogP contribution >= 0.6 is 0 Å². The van der Waals surface area contributed by atoms with E-state index < -0.39 is 5.97 Å². The summed E-state index contributed by atoms with van der Waals surface area (Å²) < 4.78 is 13.1. The van der Waals surface area contributed by atoms with Crippen LogP contribution in [0.2, 0.25) is 0 Å². The molecule has 0 aromatic heterocycles. The van der Waals surface area contributed by atoms with Crippen LogP contribution in [-0.2, 0) is 16.6 Å². The zero-order chi connectivity index (χ0) is 19.7. The van der Waals surface area contributed by atoms with Gasteiger partial charge in [-0.1, -0.05) is 31.4 Å². The number of hydrogen-bond acceptors (Lipinski definition) is 2. The lowest BCUT2D eigenvalue weighted by molar-refractivity contribution is -0.118. The van der Waals surface area contributed by atoms with E-state index in [9.17, 15) is 19.1 Å². The summed E-state index contributed by atoms with van der Waals surface area (Å²) in [6.07, 6.45) is 6.29. The number of benzene rings is 2. The first kappa shape index (κ1) is 18.7. The molecule has 1 fully saturated rings. The van der Waals surface area contributed by atoms with E-state index in [1.54, 1.807) is 30.3 Å². The third-order valence-electron chi connectivity index (χ3n) is 6.22. The van der Waals surface area contributed by atoms with E-state index >= 15 is 0 Å². The lowest BCUT2D eigenvalue weighted by Crippen LogP contribution is -2.38. The number of nitrogens with zero attached hydrogens (tertiary/aromatic N) is 1. The van der Waals surface area contributed by atoms with E-state index in [0.717, 1.165) is 42.5 Å². The maximum atomic E-state index is 13.1. The van der Waals surface area contributed by atoms with E-state index in [4.69, 9.17) is 0 Å². The zero-order valence-electron chi connectivity index (χ0n) is 15.8. The van der Waals surface area contributed by atoms with Crippen molar-refractivity contribution >= 4 is 17.6 Å². The van der Waals surface area contributed by atoms with Crippen molar-refractivity contribution in [1.82, 2.24) is 0 Å². The zero-order valence-corrected chi connectivity index (χ0v) is 15.8. The highest BCUT2D eigenvalue weighted by Gasteiger charge is 2.45. The highest BCUT2D eigenvalue weighted by atomic mass is 19.1. The first-order chi connectivity index (χ1) is 13.5. The number of carboxylic acids is 1. The second-order valence-electron chi connectivity index (χ2n) is 7.98. The Hall–Kier alpha value is -2.69. The van der Waals surface area contributed by atoms with Gasteiger partial charge >= 0.3 is 5.97 Å². The summed E-state index contributed by atoms with van der Waals surface area (Å²) in [4.78, 5) is 26.3. The molecule has 0 atom stereocenters.